The lowest BCUT2D eigenvalue weighted by Crippen LogP contribution is -2.45. The number of ether oxygens (including phenoxy) is 1. The molecule has 1 N–H and O–H groups in total. The molecule has 1 aliphatic heterocycles. The minimum Gasteiger partial charge on any atom is -0.486 e. The second-order valence-corrected chi connectivity index (χ2v) is 6.08. The number of hydrogen-bond acceptors (Lipinski definition) is 2. The minimum atomic E-state index is -0.146. The summed E-state index contributed by atoms with van der Waals surface area (Å²) in [4.78, 5) is 14.4. The molecule has 0 unspecified atom stereocenters. The molecule has 114 valence electrons. The van der Waals surface area contributed by atoms with Gasteiger partial charge in [-0.3, -0.25) is 4.90 Å². The fourth-order valence-corrected chi connectivity index (χ4v) is 2.86. The Morgan fingerprint density at radius 2 is 2.14 bits per heavy atom. The zero-order valence-corrected chi connectivity index (χ0v) is 13.8. The normalized spacial score (nSPS) is 16.6. The smallest absolute Gasteiger partial charge is 0.326 e. The number of nitrogens with zero attached hydrogens (tertiary/aromatic N) is 1. The van der Waals surface area contributed by atoms with Gasteiger partial charge in [-0.15, -0.1) is 0 Å². The SMILES string of the molecule is CC[C@@H]1CN(C(=O)Nc2cccc(Br)c2)c2ccccc2O1. The van der Waals surface area contributed by atoms with E-state index in [2.05, 4.69) is 28.2 Å². The number of para-hydroxylation sites is 2. The van der Waals surface area contributed by atoms with Gasteiger partial charge in [-0.1, -0.05) is 41.1 Å². The second-order valence-electron chi connectivity index (χ2n) is 5.17. The molecule has 1 atom stereocenters. The number of urea groups is 1. The van der Waals surface area contributed by atoms with Gasteiger partial charge in [0, 0.05) is 10.2 Å². The summed E-state index contributed by atoms with van der Waals surface area (Å²) in [5, 5.41) is 2.94. The van der Waals surface area contributed by atoms with Crippen LogP contribution in [0.5, 0.6) is 5.75 Å². The molecule has 22 heavy (non-hydrogen) atoms. The number of fused-ring (bicyclic) bond motifs is 1. The summed E-state index contributed by atoms with van der Waals surface area (Å²) in [6.07, 6.45) is 0.873. The van der Waals surface area contributed by atoms with E-state index in [0.717, 1.165) is 28.0 Å². The summed E-state index contributed by atoms with van der Waals surface area (Å²) < 4.78 is 6.83. The van der Waals surface area contributed by atoms with Crippen molar-refractivity contribution in [3.8, 4) is 5.75 Å². The lowest BCUT2D eigenvalue weighted by Gasteiger charge is -2.34. The molecule has 2 aromatic rings. The molecule has 0 spiro atoms. The molecule has 1 heterocycles. The Bertz CT molecular complexity index is 690. The van der Waals surface area contributed by atoms with Crippen molar-refractivity contribution in [2.24, 2.45) is 0 Å². The van der Waals surface area contributed by atoms with Crippen LogP contribution < -0.4 is 15.0 Å². The molecule has 2 amide bonds. The summed E-state index contributed by atoms with van der Waals surface area (Å²) in [6.45, 7) is 2.61. The van der Waals surface area contributed by atoms with Gasteiger partial charge in [0.05, 0.1) is 12.2 Å². The van der Waals surface area contributed by atoms with Crippen molar-refractivity contribution in [1.82, 2.24) is 0 Å². The highest BCUT2D eigenvalue weighted by molar-refractivity contribution is 9.10. The Kier molecular flexibility index (Phi) is 4.34. The Labute approximate surface area is 138 Å². The number of carbonyl (C=O) groups is 1. The number of anilines is 2. The van der Waals surface area contributed by atoms with E-state index in [-0.39, 0.29) is 12.1 Å². The van der Waals surface area contributed by atoms with Crippen LogP contribution in [0.1, 0.15) is 13.3 Å². The van der Waals surface area contributed by atoms with E-state index in [0.29, 0.717) is 6.54 Å². The third-order valence-electron chi connectivity index (χ3n) is 3.61. The van der Waals surface area contributed by atoms with Gasteiger partial charge in [0.1, 0.15) is 11.9 Å². The molecule has 0 aromatic heterocycles. The molecule has 1 aliphatic rings. The molecule has 5 heteroatoms. The Hall–Kier alpha value is -2.01. The van der Waals surface area contributed by atoms with Crippen molar-refractivity contribution in [2.45, 2.75) is 19.4 Å². The monoisotopic (exact) mass is 360 g/mol. The van der Waals surface area contributed by atoms with E-state index >= 15 is 0 Å². The van der Waals surface area contributed by atoms with Crippen molar-refractivity contribution in [3.05, 3.63) is 53.0 Å². The van der Waals surface area contributed by atoms with Crippen molar-refractivity contribution in [3.63, 3.8) is 0 Å². The van der Waals surface area contributed by atoms with Crippen LogP contribution >= 0.6 is 15.9 Å². The van der Waals surface area contributed by atoms with Crippen molar-refractivity contribution < 1.29 is 9.53 Å². The first kappa shape index (κ1) is 14.9. The maximum Gasteiger partial charge on any atom is 0.326 e. The zero-order chi connectivity index (χ0) is 15.5. The molecule has 2 aromatic carbocycles. The molecule has 0 bridgehead atoms. The summed E-state index contributed by atoms with van der Waals surface area (Å²) in [7, 11) is 0. The number of hydrogen-bond donors (Lipinski definition) is 1. The topological polar surface area (TPSA) is 41.6 Å². The highest BCUT2D eigenvalue weighted by atomic mass is 79.9. The molecule has 0 saturated carbocycles. The fourth-order valence-electron chi connectivity index (χ4n) is 2.46. The van der Waals surface area contributed by atoms with Gasteiger partial charge in [-0.05, 0) is 36.8 Å². The molecule has 4 nitrogen and oxygen atoms in total. The molecular formula is C17H17BrN2O2. The summed E-state index contributed by atoms with van der Waals surface area (Å²) in [6, 6.07) is 15.0. The first-order valence-electron chi connectivity index (χ1n) is 7.27. The minimum absolute atomic E-state index is 0.0168. The molecule has 0 saturated heterocycles. The quantitative estimate of drug-likeness (QED) is 0.845. The van der Waals surface area contributed by atoms with E-state index < -0.39 is 0 Å². The van der Waals surface area contributed by atoms with Crippen molar-refractivity contribution >= 4 is 33.3 Å². The molecular weight excluding hydrogens is 344 g/mol. The average Bonchev–Trinajstić information content (AvgIpc) is 2.53. The summed E-state index contributed by atoms with van der Waals surface area (Å²) in [5.74, 6) is 0.755. The lowest BCUT2D eigenvalue weighted by atomic mass is 10.1. The number of carbonyl (C=O) groups excluding carboxylic acids is 1. The van der Waals surface area contributed by atoms with E-state index in [1.54, 1.807) is 4.90 Å². The summed E-state index contributed by atoms with van der Waals surface area (Å²) >= 11 is 3.41. The first-order chi connectivity index (χ1) is 10.7. The van der Waals surface area contributed by atoms with Crippen molar-refractivity contribution in [1.29, 1.82) is 0 Å². The van der Waals surface area contributed by atoms with Crippen LogP contribution in [-0.4, -0.2) is 18.7 Å². The van der Waals surface area contributed by atoms with Crippen LogP contribution in [0.2, 0.25) is 0 Å². The van der Waals surface area contributed by atoms with Gasteiger partial charge >= 0.3 is 6.03 Å². The number of rotatable bonds is 2. The Morgan fingerprint density at radius 3 is 2.91 bits per heavy atom. The van der Waals surface area contributed by atoms with E-state index in [1.165, 1.54) is 0 Å². The van der Waals surface area contributed by atoms with E-state index in [1.807, 2.05) is 48.5 Å². The van der Waals surface area contributed by atoms with E-state index in [9.17, 15) is 4.79 Å². The highest BCUT2D eigenvalue weighted by Crippen LogP contribution is 2.34. The van der Waals surface area contributed by atoms with E-state index in [4.69, 9.17) is 4.74 Å². The van der Waals surface area contributed by atoms with Gasteiger partial charge in [-0.25, -0.2) is 4.79 Å². The number of nitrogens with one attached hydrogen (secondary N) is 1. The predicted octanol–water partition coefficient (Wildman–Crippen LogP) is 4.66. The maximum absolute atomic E-state index is 12.6. The Morgan fingerprint density at radius 1 is 1.32 bits per heavy atom. The van der Waals surface area contributed by atoms with Crippen LogP contribution in [-0.2, 0) is 0 Å². The maximum atomic E-state index is 12.6. The molecule has 3 rings (SSSR count). The van der Waals surface area contributed by atoms with Crippen LogP contribution in [0.25, 0.3) is 0 Å². The third-order valence-corrected chi connectivity index (χ3v) is 4.11. The van der Waals surface area contributed by atoms with Crippen LogP contribution in [0, 0.1) is 0 Å². The number of benzene rings is 2. The van der Waals surface area contributed by atoms with Crippen LogP contribution in [0.4, 0.5) is 16.2 Å². The fraction of sp³-hybridized carbons (Fsp3) is 0.235. The first-order valence-corrected chi connectivity index (χ1v) is 8.06. The predicted molar refractivity (Wildman–Crippen MR) is 91.7 cm³/mol. The van der Waals surface area contributed by atoms with Gasteiger partial charge in [0.25, 0.3) is 0 Å². The highest BCUT2D eigenvalue weighted by Gasteiger charge is 2.28. The Balaban J connectivity index is 1.85. The van der Waals surface area contributed by atoms with Gasteiger partial charge in [0.15, 0.2) is 0 Å². The second kappa shape index (κ2) is 6.40. The van der Waals surface area contributed by atoms with Crippen molar-refractivity contribution in [2.75, 3.05) is 16.8 Å². The third kappa shape index (κ3) is 3.09. The molecule has 0 aliphatic carbocycles. The summed E-state index contributed by atoms with van der Waals surface area (Å²) in [5.41, 5.74) is 1.57. The van der Waals surface area contributed by atoms with Gasteiger partial charge < -0.3 is 10.1 Å². The standard InChI is InChI=1S/C17H17BrN2O2/c1-2-14-11-20(15-8-3-4-9-16(15)22-14)17(21)19-13-7-5-6-12(18)10-13/h3-10,14H,2,11H2,1H3,(H,19,21)/t14-/m1/s1. The van der Waals surface area contributed by atoms with Crippen LogP contribution in [0.15, 0.2) is 53.0 Å². The zero-order valence-electron chi connectivity index (χ0n) is 12.3. The van der Waals surface area contributed by atoms with Gasteiger partial charge in [-0.2, -0.15) is 0 Å². The molecule has 0 fully saturated rings. The lowest BCUT2D eigenvalue weighted by molar-refractivity contribution is 0.188. The number of halogens is 1. The average molecular weight is 361 g/mol. The molecule has 0 radical (unpaired) electrons. The van der Waals surface area contributed by atoms with Crippen LogP contribution in [0.3, 0.4) is 0 Å². The largest absolute Gasteiger partial charge is 0.486 e. The van der Waals surface area contributed by atoms with Gasteiger partial charge in [0.2, 0.25) is 0 Å². The number of amides is 2.